The van der Waals surface area contributed by atoms with Crippen LogP contribution in [0.2, 0.25) is 0 Å². The molecule has 0 spiro atoms. The number of aromatic nitrogens is 4. The molecule has 0 atom stereocenters. The predicted octanol–water partition coefficient (Wildman–Crippen LogP) is 4.40. The smallest absolute Gasteiger partial charge is 0.323 e. The summed E-state index contributed by atoms with van der Waals surface area (Å²) in [6, 6.07) is 7.37. The maximum atomic E-state index is 14.2. The van der Waals surface area contributed by atoms with Gasteiger partial charge >= 0.3 is 6.03 Å². The number of anilines is 4. The van der Waals surface area contributed by atoms with Crippen molar-refractivity contribution in [2.24, 2.45) is 0 Å². The molecule has 0 saturated heterocycles. The number of urea groups is 1. The Morgan fingerprint density at radius 2 is 1.19 bits per heavy atom. The van der Waals surface area contributed by atoms with Gasteiger partial charge in [-0.2, -0.15) is 0 Å². The molecule has 2 amide bonds. The molecule has 32 heavy (non-hydrogen) atoms. The lowest BCUT2D eigenvalue weighted by atomic mass is 10.1. The van der Waals surface area contributed by atoms with Gasteiger partial charge in [0.15, 0.2) is 11.9 Å². The zero-order valence-corrected chi connectivity index (χ0v) is 17.8. The molecule has 0 aliphatic rings. The van der Waals surface area contributed by atoms with Gasteiger partial charge in [0.2, 0.25) is 0 Å². The standard InChI is InChI=1S/C19H16F2N8O.2ClH/c20-11-3-1-9(15-7-24-17(22)26-15)5-13(11)28-19(30)29-14-6-10(2-4-12(14)21)16-8-25-18(23)27-16;;/h1-8H,(H3,22,24,26)(H3,23,25,27)(H2,28,29,30);2*1H. The number of hydrogen-bond acceptors (Lipinski definition) is 5. The molecule has 8 N–H and O–H groups in total. The molecule has 13 heteroatoms. The third-order valence-electron chi connectivity index (χ3n) is 4.24. The van der Waals surface area contributed by atoms with Crippen LogP contribution in [0.3, 0.4) is 0 Å². The SMILES string of the molecule is Cl.Cl.Nc1ncc(-c2ccc(F)c(NC(=O)Nc3cc(-c4cnc(N)[nH]4)ccc3F)c2)[nH]1. The largest absolute Gasteiger partial charge is 0.369 e. The van der Waals surface area contributed by atoms with E-state index in [1.807, 2.05) is 0 Å². The van der Waals surface area contributed by atoms with E-state index in [4.69, 9.17) is 11.5 Å². The number of hydrogen-bond donors (Lipinski definition) is 6. The first kappa shape index (κ1) is 24.4. The lowest BCUT2D eigenvalue weighted by Crippen LogP contribution is -2.21. The normalized spacial score (nSPS) is 10.1. The van der Waals surface area contributed by atoms with Crippen LogP contribution in [0.1, 0.15) is 0 Å². The highest BCUT2D eigenvalue weighted by Crippen LogP contribution is 2.26. The van der Waals surface area contributed by atoms with E-state index < -0.39 is 17.7 Å². The van der Waals surface area contributed by atoms with Gasteiger partial charge in [-0.25, -0.2) is 23.5 Å². The van der Waals surface area contributed by atoms with Crippen LogP contribution < -0.4 is 22.1 Å². The van der Waals surface area contributed by atoms with Crippen LogP contribution in [0.15, 0.2) is 48.8 Å². The molecule has 0 aliphatic carbocycles. The van der Waals surface area contributed by atoms with Gasteiger partial charge in [-0.15, -0.1) is 24.8 Å². The van der Waals surface area contributed by atoms with Crippen molar-refractivity contribution >= 4 is 54.1 Å². The number of aromatic amines is 2. The van der Waals surface area contributed by atoms with Crippen LogP contribution in [0.4, 0.5) is 36.8 Å². The zero-order valence-electron chi connectivity index (χ0n) is 16.1. The van der Waals surface area contributed by atoms with Gasteiger partial charge in [-0.3, -0.25) is 0 Å². The first-order chi connectivity index (χ1) is 14.4. The summed E-state index contributed by atoms with van der Waals surface area (Å²) in [5.74, 6) is -0.918. The fourth-order valence-electron chi connectivity index (χ4n) is 2.82. The van der Waals surface area contributed by atoms with Gasteiger partial charge in [-0.1, -0.05) is 0 Å². The van der Waals surface area contributed by atoms with E-state index in [1.165, 1.54) is 48.8 Å². The monoisotopic (exact) mass is 482 g/mol. The van der Waals surface area contributed by atoms with Crippen LogP contribution in [0.5, 0.6) is 0 Å². The average Bonchev–Trinajstić information content (AvgIpc) is 3.34. The molecule has 4 aromatic rings. The average molecular weight is 483 g/mol. The predicted molar refractivity (Wildman–Crippen MR) is 124 cm³/mol. The molecule has 0 radical (unpaired) electrons. The Balaban J connectivity index is 0.00000181. The number of rotatable bonds is 4. The first-order valence-electron chi connectivity index (χ1n) is 8.68. The minimum Gasteiger partial charge on any atom is -0.369 e. The van der Waals surface area contributed by atoms with Crippen molar-refractivity contribution in [3.8, 4) is 22.5 Å². The van der Waals surface area contributed by atoms with Crippen molar-refractivity contribution in [3.63, 3.8) is 0 Å². The molecule has 2 aromatic heterocycles. The number of nitrogens with one attached hydrogen (secondary N) is 4. The molecule has 2 heterocycles. The number of halogens is 4. The summed E-state index contributed by atoms with van der Waals surface area (Å²) in [6.45, 7) is 0. The van der Waals surface area contributed by atoms with Crippen molar-refractivity contribution in [2.45, 2.75) is 0 Å². The van der Waals surface area contributed by atoms with E-state index >= 15 is 0 Å². The van der Waals surface area contributed by atoms with E-state index in [0.29, 0.717) is 22.5 Å². The van der Waals surface area contributed by atoms with E-state index in [9.17, 15) is 13.6 Å². The minimum absolute atomic E-state index is 0. The summed E-state index contributed by atoms with van der Waals surface area (Å²) < 4.78 is 28.3. The molecule has 0 aliphatic heterocycles. The molecule has 168 valence electrons. The van der Waals surface area contributed by atoms with E-state index in [0.717, 1.165) is 0 Å². The van der Waals surface area contributed by atoms with Crippen LogP contribution in [-0.4, -0.2) is 26.0 Å². The Bertz CT molecular complexity index is 1150. The summed E-state index contributed by atoms with van der Waals surface area (Å²) in [5.41, 5.74) is 13.1. The Kier molecular flexibility index (Phi) is 7.63. The zero-order chi connectivity index (χ0) is 21.3. The Morgan fingerprint density at radius 1 is 0.781 bits per heavy atom. The fraction of sp³-hybridized carbons (Fsp3) is 0. The number of nitrogens with zero attached hydrogens (tertiary/aromatic N) is 2. The van der Waals surface area contributed by atoms with Crippen molar-refractivity contribution in [3.05, 3.63) is 60.4 Å². The van der Waals surface area contributed by atoms with Crippen molar-refractivity contribution in [2.75, 3.05) is 22.1 Å². The van der Waals surface area contributed by atoms with E-state index in [2.05, 4.69) is 30.6 Å². The molecule has 2 aromatic carbocycles. The van der Waals surface area contributed by atoms with Crippen molar-refractivity contribution in [1.29, 1.82) is 0 Å². The molecule has 0 unspecified atom stereocenters. The summed E-state index contributed by atoms with van der Waals surface area (Å²) in [6.07, 6.45) is 2.96. The lowest BCUT2D eigenvalue weighted by molar-refractivity contribution is 0.262. The van der Waals surface area contributed by atoms with Gasteiger partial charge in [0.25, 0.3) is 0 Å². The topological polar surface area (TPSA) is 151 Å². The molecule has 4 rings (SSSR count). The number of nitrogens with two attached hydrogens (primary N) is 2. The lowest BCUT2D eigenvalue weighted by Gasteiger charge is -2.11. The molecular weight excluding hydrogens is 465 g/mol. The van der Waals surface area contributed by atoms with Crippen LogP contribution in [0.25, 0.3) is 22.5 Å². The summed E-state index contributed by atoms with van der Waals surface area (Å²) >= 11 is 0. The fourth-order valence-corrected chi connectivity index (χ4v) is 2.82. The highest BCUT2D eigenvalue weighted by molar-refractivity contribution is 6.00. The second kappa shape index (κ2) is 9.98. The number of benzene rings is 2. The summed E-state index contributed by atoms with van der Waals surface area (Å²) in [4.78, 5) is 25.7. The third-order valence-corrected chi connectivity index (χ3v) is 4.24. The second-order valence-corrected chi connectivity index (χ2v) is 6.33. The van der Waals surface area contributed by atoms with Gasteiger partial charge in [0.1, 0.15) is 11.6 Å². The van der Waals surface area contributed by atoms with Crippen LogP contribution >= 0.6 is 24.8 Å². The molecule has 0 fully saturated rings. The number of amides is 2. The molecule has 0 bridgehead atoms. The maximum Gasteiger partial charge on any atom is 0.323 e. The minimum atomic E-state index is -0.824. The van der Waals surface area contributed by atoms with Gasteiger partial charge < -0.3 is 32.1 Å². The van der Waals surface area contributed by atoms with Crippen molar-refractivity contribution in [1.82, 2.24) is 19.9 Å². The van der Waals surface area contributed by atoms with E-state index in [-0.39, 0.29) is 48.1 Å². The summed E-state index contributed by atoms with van der Waals surface area (Å²) in [7, 11) is 0. The second-order valence-electron chi connectivity index (χ2n) is 6.33. The number of H-pyrrole nitrogens is 2. The van der Waals surface area contributed by atoms with E-state index in [1.54, 1.807) is 0 Å². The number of carbonyl (C=O) groups is 1. The van der Waals surface area contributed by atoms with Gasteiger partial charge in [0, 0.05) is 11.1 Å². The van der Waals surface area contributed by atoms with Crippen LogP contribution in [0, 0.1) is 11.6 Å². The Hall–Kier alpha value is -3.83. The van der Waals surface area contributed by atoms with Gasteiger partial charge in [0.05, 0.1) is 35.2 Å². The number of imidazole rings is 2. The highest BCUT2D eigenvalue weighted by atomic mass is 35.5. The van der Waals surface area contributed by atoms with Gasteiger partial charge in [-0.05, 0) is 36.4 Å². The Morgan fingerprint density at radius 3 is 1.53 bits per heavy atom. The first-order valence-corrected chi connectivity index (χ1v) is 8.68. The third kappa shape index (κ3) is 5.25. The molecule has 0 saturated carbocycles. The highest BCUT2D eigenvalue weighted by Gasteiger charge is 2.13. The number of nitrogen functional groups attached to an aromatic ring is 2. The molecular formula is C19H18Cl2F2N8O. The van der Waals surface area contributed by atoms with Crippen LogP contribution in [-0.2, 0) is 0 Å². The molecule has 9 nitrogen and oxygen atoms in total. The maximum absolute atomic E-state index is 14.2. The number of carbonyl (C=O) groups excluding carboxylic acids is 1. The Labute approximate surface area is 192 Å². The summed E-state index contributed by atoms with van der Waals surface area (Å²) in [5, 5.41) is 4.74. The quantitative estimate of drug-likeness (QED) is 0.254. The van der Waals surface area contributed by atoms with Crippen molar-refractivity contribution < 1.29 is 13.6 Å².